The van der Waals surface area contributed by atoms with Gasteiger partial charge in [0.1, 0.15) is 0 Å². The Hall–Kier alpha value is -0.730. The van der Waals surface area contributed by atoms with Crippen LogP contribution in [0, 0.1) is 6.92 Å². The van der Waals surface area contributed by atoms with E-state index in [9.17, 15) is 5.11 Å². The van der Waals surface area contributed by atoms with Gasteiger partial charge in [-0.3, -0.25) is 0 Å². The molecule has 0 saturated heterocycles. The van der Waals surface area contributed by atoms with Gasteiger partial charge in [0.2, 0.25) is 0 Å². The highest BCUT2D eigenvalue weighted by Gasteiger charge is 2.25. The van der Waals surface area contributed by atoms with Crippen molar-refractivity contribution in [2.45, 2.75) is 38.3 Å². The lowest BCUT2D eigenvalue weighted by atomic mass is 10.1. The summed E-state index contributed by atoms with van der Waals surface area (Å²) in [5.74, 6) is 0. The molecule has 0 aliphatic heterocycles. The zero-order chi connectivity index (χ0) is 10.8. The highest BCUT2D eigenvalue weighted by Crippen LogP contribution is 2.29. The molecule has 0 radical (unpaired) electrons. The molecule has 82 valence electrons. The van der Waals surface area contributed by atoms with E-state index in [4.69, 9.17) is 11.6 Å². The molecule has 0 unspecified atom stereocenters. The molecule has 0 aromatic heterocycles. The second-order valence-electron chi connectivity index (χ2n) is 4.18. The van der Waals surface area contributed by atoms with Crippen molar-refractivity contribution in [2.24, 2.45) is 0 Å². The number of anilines is 1. The molecule has 1 aromatic rings. The van der Waals surface area contributed by atoms with Crippen molar-refractivity contribution in [2.75, 3.05) is 5.32 Å². The number of hydrogen-bond donors (Lipinski definition) is 2. The van der Waals surface area contributed by atoms with E-state index < -0.39 is 0 Å². The Kier molecular flexibility index (Phi) is 3.17. The van der Waals surface area contributed by atoms with Gasteiger partial charge in [-0.1, -0.05) is 23.7 Å². The standard InChI is InChI=1S/C12H16ClNO/c1-8-4-2-5-9(13)12(8)14-10-6-3-7-11(10)15/h2,4-5,10-11,14-15H,3,6-7H2,1H3/t10-,11-/m1/s1. The van der Waals surface area contributed by atoms with Gasteiger partial charge >= 0.3 is 0 Å². The number of aliphatic hydroxyl groups excluding tert-OH is 1. The molecule has 0 heterocycles. The fourth-order valence-electron chi connectivity index (χ4n) is 2.11. The SMILES string of the molecule is Cc1cccc(Cl)c1N[C@@H]1CCC[C@H]1O. The van der Waals surface area contributed by atoms with Crippen LogP contribution < -0.4 is 5.32 Å². The fourth-order valence-corrected chi connectivity index (χ4v) is 2.39. The summed E-state index contributed by atoms with van der Waals surface area (Å²) in [5, 5.41) is 13.8. The van der Waals surface area contributed by atoms with Crippen LogP contribution in [0.25, 0.3) is 0 Å². The van der Waals surface area contributed by atoms with Crippen molar-refractivity contribution < 1.29 is 5.11 Å². The normalized spacial score (nSPS) is 25.5. The Morgan fingerprint density at radius 3 is 2.80 bits per heavy atom. The average molecular weight is 226 g/mol. The fraction of sp³-hybridized carbons (Fsp3) is 0.500. The lowest BCUT2D eigenvalue weighted by Gasteiger charge is -2.20. The molecule has 3 heteroatoms. The molecule has 15 heavy (non-hydrogen) atoms. The van der Waals surface area contributed by atoms with Crippen molar-refractivity contribution >= 4 is 17.3 Å². The molecular formula is C12H16ClNO. The van der Waals surface area contributed by atoms with Crippen LogP contribution in [0.4, 0.5) is 5.69 Å². The molecule has 1 fully saturated rings. The Labute approximate surface area is 95.3 Å². The van der Waals surface area contributed by atoms with Gasteiger partial charge in [0.15, 0.2) is 0 Å². The number of halogens is 1. The smallest absolute Gasteiger partial charge is 0.0741 e. The number of benzene rings is 1. The molecule has 0 spiro atoms. The van der Waals surface area contributed by atoms with Crippen molar-refractivity contribution in [3.8, 4) is 0 Å². The minimum atomic E-state index is -0.235. The lowest BCUT2D eigenvalue weighted by molar-refractivity contribution is 0.172. The Morgan fingerprint density at radius 2 is 2.20 bits per heavy atom. The van der Waals surface area contributed by atoms with Crippen molar-refractivity contribution in [1.82, 2.24) is 0 Å². The predicted molar refractivity (Wildman–Crippen MR) is 63.5 cm³/mol. The zero-order valence-electron chi connectivity index (χ0n) is 8.83. The van der Waals surface area contributed by atoms with Crippen molar-refractivity contribution in [1.29, 1.82) is 0 Å². The quantitative estimate of drug-likeness (QED) is 0.811. The zero-order valence-corrected chi connectivity index (χ0v) is 9.59. The summed E-state index contributed by atoms with van der Waals surface area (Å²) >= 11 is 6.11. The molecular weight excluding hydrogens is 210 g/mol. The van der Waals surface area contributed by atoms with Crippen LogP contribution in [0.1, 0.15) is 24.8 Å². The van der Waals surface area contributed by atoms with E-state index in [2.05, 4.69) is 5.32 Å². The highest BCUT2D eigenvalue weighted by molar-refractivity contribution is 6.33. The van der Waals surface area contributed by atoms with E-state index in [0.717, 1.165) is 35.5 Å². The maximum absolute atomic E-state index is 9.73. The van der Waals surface area contributed by atoms with Crippen LogP contribution in [-0.4, -0.2) is 17.3 Å². The topological polar surface area (TPSA) is 32.3 Å². The molecule has 2 nitrogen and oxygen atoms in total. The lowest BCUT2D eigenvalue weighted by Crippen LogP contribution is -2.28. The Morgan fingerprint density at radius 1 is 1.40 bits per heavy atom. The molecule has 1 aromatic carbocycles. The van der Waals surface area contributed by atoms with Crippen LogP contribution in [0.15, 0.2) is 18.2 Å². The first-order chi connectivity index (χ1) is 7.18. The van der Waals surface area contributed by atoms with Gasteiger partial charge in [-0.25, -0.2) is 0 Å². The first kappa shape index (κ1) is 10.8. The minimum absolute atomic E-state index is 0.156. The number of aliphatic hydroxyl groups is 1. The molecule has 0 bridgehead atoms. The number of hydrogen-bond acceptors (Lipinski definition) is 2. The highest BCUT2D eigenvalue weighted by atomic mass is 35.5. The van der Waals surface area contributed by atoms with Gasteiger partial charge in [-0.15, -0.1) is 0 Å². The maximum atomic E-state index is 9.73. The van der Waals surface area contributed by atoms with E-state index in [1.165, 1.54) is 0 Å². The summed E-state index contributed by atoms with van der Waals surface area (Å²) < 4.78 is 0. The van der Waals surface area contributed by atoms with Gasteiger partial charge in [0.05, 0.1) is 22.9 Å². The number of nitrogens with one attached hydrogen (secondary N) is 1. The largest absolute Gasteiger partial charge is 0.391 e. The second-order valence-corrected chi connectivity index (χ2v) is 4.59. The van der Waals surface area contributed by atoms with E-state index in [1.54, 1.807) is 0 Å². The van der Waals surface area contributed by atoms with E-state index >= 15 is 0 Å². The van der Waals surface area contributed by atoms with Crippen LogP contribution in [0.3, 0.4) is 0 Å². The third-order valence-electron chi connectivity index (χ3n) is 3.03. The van der Waals surface area contributed by atoms with Crippen LogP contribution in [0.2, 0.25) is 5.02 Å². The summed E-state index contributed by atoms with van der Waals surface area (Å²) in [4.78, 5) is 0. The van der Waals surface area contributed by atoms with Gasteiger partial charge in [0, 0.05) is 0 Å². The van der Waals surface area contributed by atoms with Crippen LogP contribution in [-0.2, 0) is 0 Å². The summed E-state index contributed by atoms with van der Waals surface area (Å²) in [6.07, 6.45) is 2.76. The van der Waals surface area contributed by atoms with E-state index in [1.807, 2.05) is 25.1 Å². The maximum Gasteiger partial charge on any atom is 0.0741 e. The molecule has 0 amide bonds. The van der Waals surface area contributed by atoms with Crippen molar-refractivity contribution in [3.63, 3.8) is 0 Å². The predicted octanol–water partition coefficient (Wildman–Crippen LogP) is 2.97. The molecule has 2 N–H and O–H groups in total. The average Bonchev–Trinajstić information content (AvgIpc) is 2.58. The minimum Gasteiger partial charge on any atom is -0.391 e. The number of para-hydroxylation sites is 1. The Balaban J connectivity index is 2.16. The molecule has 1 saturated carbocycles. The molecule has 1 aliphatic rings. The van der Waals surface area contributed by atoms with Gasteiger partial charge in [-0.05, 0) is 37.8 Å². The van der Waals surface area contributed by atoms with Gasteiger partial charge in [0.25, 0.3) is 0 Å². The summed E-state index contributed by atoms with van der Waals surface area (Å²) in [6, 6.07) is 5.99. The number of aryl methyl sites for hydroxylation is 1. The first-order valence-corrected chi connectivity index (χ1v) is 5.76. The van der Waals surface area contributed by atoms with Crippen LogP contribution in [0.5, 0.6) is 0 Å². The monoisotopic (exact) mass is 225 g/mol. The summed E-state index contributed by atoms with van der Waals surface area (Å²) in [5.41, 5.74) is 2.09. The summed E-state index contributed by atoms with van der Waals surface area (Å²) in [7, 11) is 0. The summed E-state index contributed by atoms with van der Waals surface area (Å²) in [6.45, 7) is 2.02. The Bertz CT molecular complexity index is 333. The number of rotatable bonds is 2. The molecule has 2 rings (SSSR count). The van der Waals surface area contributed by atoms with E-state index in [0.29, 0.717) is 0 Å². The van der Waals surface area contributed by atoms with E-state index in [-0.39, 0.29) is 12.1 Å². The second kappa shape index (κ2) is 4.42. The third-order valence-corrected chi connectivity index (χ3v) is 3.35. The van der Waals surface area contributed by atoms with Crippen molar-refractivity contribution in [3.05, 3.63) is 28.8 Å². The van der Waals surface area contributed by atoms with Gasteiger partial charge in [-0.2, -0.15) is 0 Å². The third kappa shape index (κ3) is 2.27. The van der Waals surface area contributed by atoms with Gasteiger partial charge < -0.3 is 10.4 Å². The first-order valence-electron chi connectivity index (χ1n) is 5.38. The van der Waals surface area contributed by atoms with Crippen LogP contribution >= 0.6 is 11.6 Å². The molecule has 1 aliphatic carbocycles. The molecule has 2 atom stereocenters.